The first-order valence-electron chi connectivity index (χ1n) is 15.4. The highest BCUT2D eigenvalue weighted by molar-refractivity contribution is 5.94. The Balaban J connectivity index is 2.62. The molecule has 0 aliphatic rings. The van der Waals surface area contributed by atoms with Gasteiger partial charge >= 0.3 is 12.1 Å². The van der Waals surface area contributed by atoms with Gasteiger partial charge in [0.05, 0.1) is 6.61 Å². The number of hydrogen-bond donors (Lipinski definition) is 3. The molecule has 0 spiro atoms. The van der Waals surface area contributed by atoms with Crippen LogP contribution in [0.15, 0.2) is 48.5 Å². The van der Waals surface area contributed by atoms with E-state index in [9.17, 15) is 24.3 Å². The second-order valence-corrected chi connectivity index (χ2v) is 13.7. The second-order valence-electron chi connectivity index (χ2n) is 13.7. The Kier molecular flexibility index (Phi) is 13.2. The monoisotopic (exact) mass is 625 g/mol. The summed E-state index contributed by atoms with van der Waals surface area (Å²) in [6.45, 7) is 17.0. The normalized spacial score (nSPS) is 13.8. The number of nitrogens with one attached hydrogen (secondary N) is 2. The molecule has 248 valence electrons. The molecule has 0 radical (unpaired) electrons. The fourth-order valence-electron chi connectivity index (χ4n) is 4.77. The van der Waals surface area contributed by atoms with Crippen molar-refractivity contribution in [2.75, 3.05) is 13.2 Å². The minimum atomic E-state index is -1.24. The fourth-order valence-corrected chi connectivity index (χ4v) is 4.77. The van der Waals surface area contributed by atoms with Crippen LogP contribution in [0.1, 0.15) is 83.7 Å². The molecule has 3 amide bonds. The van der Waals surface area contributed by atoms with Crippen molar-refractivity contribution in [3.8, 4) is 0 Å². The summed E-state index contributed by atoms with van der Waals surface area (Å²) in [4.78, 5) is 56.1. The number of aliphatic hydroxyl groups is 1. The number of carbonyl (C=O) groups is 4. The molecule has 3 atom stereocenters. The largest absolute Gasteiger partial charge is 0.458 e. The van der Waals surface area contributed by atoms with Gasteiger partial charge in [-0.2, -0.15) is 0 Å². The van der Waals surface area contributed by atoms with Gasteiger partial charge in [-0.15, -0.1) is 0 Å². The average molecular weight is 626 g/mol. The van der Waals surface area contributed by atoms with Crippen molar-refractivity contribution in [2.24, 2.45) is 5.92 Å². The summed E-state index contributed by atoms with van der Waals surface area (Å²) in [6, 6.07) is 11.4. The number of aryl methyl sites for hydroxylation is 2. The summed E-state index contributed by atoms with van der Waals surface area (Å²) >= 11 is 0. The first-order valence-corrected chi connectivity index (χ1v) is 15.4. The quantitative estimate of drug-likeness (QED) is 0.289. The minimum Gasteiger partial charge on any atom is -0.458 e. The molecule has 10 nitrogen and oxygen atoms in total. The summed E-state index contributed by atoms with van der Waals surface area (Å²) < 4.78 is 11.1. The van der Waals surface area contributed by atoms with E-state index in [0.29, 0.717) is 5.56 Å². The number of rotatable bonds is 12. The third kappa shape index (κ3) is 11.8. The number of esters is 1. The van der Waals surface area contributed by atoms with E-state index in [1.54, 1.807) is 55.4 Å². The zero-order valence-corrected chi connectivity index (χ0v) is 28.4. The molecule has 10 heteroatoms. The van der Waals surface area contributed by atoms with E-state index in [1.165, 1.54) is 4.90 Å². The Morgan fingerprint density at radius 3 is 2.00 bits per heavy atom. The third-order valence-corrected chi connectivity index (χ3v) is 6.81. The van der Waals surface area contributed by atoms with E-state index in [2.05, 4.69) is 10.6 Å². The maximum absolute atomic E-state index is 14.4. The molecule has 45 heavy (non-hydrogen) atoms. The number of aliphatic hydroxyl groups excluding tert-OH is 1. The molecule has 3 unspecified atom stereocenters. The third-order valence-electron chi connectivity index (χ3n) is 6.81. The van der Waals surface area contributed by atoms with Gasteiger partial charge < -0.3 is 30.1 Å². The topological polar surface area (TPSA) is 134 Å². The van der Waals surface area contributed by atoms with E-state index in [-0.39, 0.29) is 18.9 Å². The van der Waals surface area contributed by atoms with Crippen LogP contribution in [0.4, 0.5) is 4.79 Å². The lowest BCUT2D eigenvalue weighted by Gasteiger charge is -2.36. The van der Waals surface area contributed by atoms with Gasteiger partial charge in [-0.25, -0.2) is 9.59 Å². The molecule has 0 aromatic heterocycles. The highest BCUT2D eigenvalue weighted by atomic mass is 16.6. The Morgan fingerprint density at radius 2 is 1.47 bits per heavy atom. The number of benzene rings is 2. The van der Waals surface area contributed by atoms with Crippen LogP contribution in [0.3, 0.4) is 0 Å². The van der Waals surface area contributed by atoms with Gasteiger partial charge in [-0.05, 0) is 78.0 Å². The van der Waals surface area contributed by atoms with E-state index in [0.717, 1.165) is 16.7 Å². The minimum absolute atomic E-state index is 0.157. The van der Waals surface area contributed by atoms with Crippen LogP contribution < -0.4 is 10.6 Å². The second kappa shape index (κ2) is 15.9. The number of nitrogens with zero attached hydrogens (tertiary/aromatic N) is 1. The predicted octanol–water partition coefficient (Wildman–Crippen LogP) is 4.78. The van der Waals surface area contributed by atoms with Gasteiger partial charge in [0.2, 0.25) is 11.8 Å². The molecular formula is C35H51N3O7. The first-order chi connectivity index (χ1) is 20.8. The summed E-state index contributed by atoms with van der Waals surface area (Å²) in [6.07, 6.45) is -0.622. The molecule has 2 aromatic rings. The van der Waals surface area contributed by atoms with Crippen LogP contribution in [0, 0.1) is 19.8 Å². The molecule has 0 saturated heterocycles. The Hall–Kier alpha value is -3.92. The van der Waals surface area contributed by atoms with Crippen LogP contribution in [-0.2, 0) is 30.3 Å². The SMILES string of the molecule is Cc1ccc(C)c(C(C(=O)NC(Cc2ccccc2)C(=O)OC(C)(C)C)N(CCO)C(=O)C(NC(=O)OC(C)(C)C)C(C)C)c1. The molecular weight excluding hydrogens is 574 g/mol. The van der Waals surface area contributed by atoms with Gasteiger partial charge in [-0.3, -0.25) is 9.59 Å². The van der Waals surface area contributed by atoms with E-state index in [4.69, 9.17) is 9.47 Å². The zero-order valence-electron chi connectivity index (χ0n) is 28.4. The van der Waals surface area contributed by atoms with Crippen molar-refractivity contribution in [3.05, 3.63) is 70.8 Å². The predicted molar refractivity (Wildman–Crippen MR) is 173 cm³/mol. The standard InChI is InChI=1S/C35H51N3O7/c1-22(2)28(37-33(43)45-35(8,9)10)31(41)38(18-19-39)29(26-20-23(3)16-17-24(26)4)30(40)36-27(32(42)44-34(5,6)7)21-25-14-12-11-13-15-25/h11-17,20,22,27-29,39H,18-19,21H2,1-10H3,(H,36,40)(H,37,43). The molecule has 0 saturated carbocycles. The zero-order chi connectivity index (χ0) is 34.1. The highest BCUT2D eigenvalue weighted by Crippen LogP contribution is 2.28. The molecule has 2 aromatic carbocycles. The van der Waals surface area contributed by atoms with Crippen molar-refractivity contribution < 1.29 is 33.8 Å². The van der Waals surface area contributed by atoms with Crippen LogP contribution in [0.25, 0.3) is 0 Å². The summed E-state index contributed by atoms with van der Waals surface area (Å²) in [7, 11) is 0. The van der Waals surface area contributed by atoms with Gasteiger partial charge in [0, 0.05) is 13.0 Å². The van der Waals surface area contributed by atoms with Crippen molar-refractivity contribution >= 4 is 23.9 Å². The fraction of sp³-hybridized carbons (Fsp3) is 0.543. The van der Waals surface area contributed by atoms with Crippen molar-refractivity contribution in [1.82, 2.24) is 15.5 Å². The van der Waals surface area contributed by atoms with Crippen LogP contribution in [0.2, 0.25) is 0 Å². The summed E-state index contributed by atoms with van der Waals surface area (Å²) in [5.74, 6) is -2.22. The van der Waals surface area contributed by atoms with Crippen molar-refractivity contribution in [2.45, 2.75) is 105 Å². The number of ether oxygens (including phenoxy) is 2. The number of alkyl carbamates (subject to hydrolysis) is 1. The Labute approximate surface area is 267 Å². The molecule has 2 rings (SSSR count). The van der Waals surface area contributed by atoms with Gasteiger partial charge in [-0.1, -0.05) is 67.9 Å². The lowest BCUT2D eigenvalue weighted by Crippen LogP contribution is -2.57. The number of hydrogen-bond acceptors (Lipinski definition) is 7. The van der Waals surface area contributed by atoms with Gasteiger partial charge in [0.15, 0.2) is 0 Å². The van der Waals surface area contributed by atoms with E-state index >= 15 is 0 Å². The van der Waals surface area contributed by atoms with Gasteiger partial charge in [0.1, 0.15) is 29.3 Å². The van der Waals surface area contributed by atoms with Crippen molar-refractivity contribution in [3.63, 3.8) is 0 Å². The van der Waals surface area contributed by atoms with Crippen LogP contribution in [0.5, 0.6) is 0 Å². The Morgan fingerprint density at radius 1 is 0.867 bits per heavy atom. The number of amides is 3. The molecule has 0 bridgehead atoms. The summed E-state index contributed by atoms with van der Waals surface area (Å²) in [5.41, 5.74) is 1.31. The maximum atomic E-state index is 14.4. The van der Waals surface area contributed by atoms with Crippen LogP contribution >= 0.6 is 0 Å². The molecule has 3 N–H and O–H groups in total. The smallest absolute Gasteiger partial charge is 0.408 e. The highest BCUT2D eigenvalue weighted by Gasteiger charge is 2.39. The molecule has 0 fully saturated rings. The Bertz CT molecular complexity index is 1310. The van der Waals surface area contributed by atoms with Crippen molar-refractivity contribution in [1.29, 1.82) is 0 Å². The number of carbonyl (C=O) groups excluding carboxylic acids is 4. The lowest BCUT2D eigenvalue weighted by molar-refractivity contribution is -0.159. The maximum Gasteiger partial charge on any atom is 0.408 e. The van der Waals surface area contributed by atoms with E-state index in [1.807, 2.05) is 62.4 Å². The lowest BCUT2D eigenvalue weighted by atomic mass is 9.94. The van der Waals surface area contributed by atoms with Crippen LogP contribution in [-0.4, -0.2) is 70.3 Å². The molecule has 0 aliphatic heterocycles. The van der Waals surface area contributed by atoms with E-state index < -0.39 is 59.8 Å². The molecule has 0 heterocycles. The summed E-state index contributed by atoms with van der Waals surface area (Å²) in [5, 5.41) is 15.6. The first kappa shape index (κ1) is 37.3. The average Bonchev–Trinajstić information content (AvgIpc) is 2.91. The molecule has 0 aliphatic carbocycles. The van der Waals surface area contributed by atoms with Gasteiger partial charge in [0.25, 0.3) is 0 Å².